The van der Waals surface area contributed by atoms with E-state index in [9.17, 15) is 0 Å². The summed E-state index contributed by atoms with van der Waals surface area (Å²) in [4.78, 5) is 0. The second-order valence-electron chi connectivity index (χ2n) is 14.4. The molecule has 0 saturated heterocycles. The summed E-state index contributed by atoms with van der Waals surface area (Å²) in [7, 11) is 0. The van der Waals surface area contributed by atoms with Gasteiger partial charge in [-0.25, -0.2) is 0 Å². The van der Waals surface area contributed by atoms with Crippen LogP contribution >= 0.6 is 0 Å². The average molecular weight is 608 g/mol. The number of allylic oxidation sites excluding steroid dienone is 7. The van der Waals surface area contributed by atoms with Crippen LogP contribution in [0.1, 0.15) is 120 Å². The number of nitrogens with one attached hydrogen (secondary N) is 1. The molecule has 1 aliphatic heterocycles. The van der Waals surface area contributed by atoms with E-state index in [-0.39, 0.29) is 10.8 Å². The molecule has 5 atom stereocenters. The Morgan fingerprint density at radius 3 is 1.78 bits per heavy atom. The normalized spacial score (nSPS) is 23.4. The maximum absolute atomic E-state index is 4.13. The van der Waals surface area contributed by atoms with Crippen LogP contribution in [0.2, 0.25) is 0 Å². The maximum Gasteiger partial charge on any atom is 0.0543 e. The minimum absolute atomic E-state index is 0.121. The molecule has 5 rings (SSSR count). The first-order valence-corrected chi connectivity index (χ1v) is 17.7. The molecule has 0 bridgehead atoms. The molecular weight excluding hydrogens is 542 g/mol. The predicted octanol–water partition coefficient (Wildman–Crippen LogP) is 13.0. The molecule has 5 unspecified atom stereocenters. The number of hydrogen-bond donors (Lipinski definition) is 1. The van der Waals surface area contributed by atoms with Crippen LogP contribution in [0, 0.1) is 28.6 Å². The third kappa shape index (κ3) is 9.55. The van der Waals surface area contributed by atoms with Crippen LogP contribution in [-0.4, -0.2) is 6.04 Å². The van der Waals surface area contributed by atoms with Crippen molar-refractivity contribution in [2.24, 2.45) is 28.6 Å². The number of hydrogen-bond acceptors (Lipinski definition) is 1. The molecule has 1 heteroatoms. The van der Waals surface area contributed by atoms with Crippen LogP contribution in [0.15, 0.2) is 114 Å². The lowest BCUT2D eigenvalue weighted by atomic mass is 9.69. The van der Waals surface area contributed by atoms with E-state index in [0.29, 0.717) is 29.8 Å². The molecule has 2 aromatic carbocycles. The summed E-state index contributed by atoms with van der Waals surface area (Å²) in [6, 6.07) is 22.8. The summed E-state index contributed by atoms with van der Waals surface area (Å²) >= 11 is 0. The maximum atomic E-state index is 4.13. The molecule has 0 radical (unpaired) electrons. The molecular formula is C44H65N. The minimum Gasteiger partial charge on any atom is -0.303 e. The van der Waals surface area contributed by atoms with Gasteiger partial charge in [-0.2, -0.15) is 0 Å². The van der Waals surface area contributed by atoms with Gasteiger partial charge >= 0.3 is 0 Å². The van der Waals surface area contributed by atoms with E-state index in [0.717, 1.165) is 6.42 Å². The molecule has 1 fully saturated rings. The summed E-state index contributed by atoms with van der Waals surface area (Å²) in [6.07, 6.45) is 12.2. The molecule has 0 aromatic heterocycles. The first-order valence-electron chi connectivity index (χ1n) is 17.7. The van der Waals surface area contributed by atoms with E-state index in [1.54, 1.807) is 5.57 Å². The Hall–Kier alpha value is -2.90. The first-order chi connectivity index (χ1) is 21.3. The van der Waals surface area contributed by atoms with Gasteiger partial charge in [0.2, 0.25) is 0 Å². The minimum atomic E-state index is 0.121. The van der Waals surface area contributed by atoms with Gasteiger partial charge in [0.25, 0.3) is 0 Å². The Balaban J connectivity index is 0.000000509. The molecule has 2 aromatic rings. The highest BCUT2D eigenvalue weighted by molar-refractivity contribution is 5.81. The predicted molar refractivity (Wildman–Crippen MR) is 202 cm³/mol. The fourth-order valence-electron chi connectivity index (χ4n) is 7.00. The van der Waals surface area contributed by atoms with E-state index < -0.39 is 0 Å². The van der Waals surface area contributed by atoms with Crippen LogP contribution < -0.4 is 5.32 Å². The van der Waals surface area contributed by atoms with Gasteiger partial charge in [0.1, 0.15) is 0 Å². The van der Waals surface area contributed by atoms with Crippen LogP contribution in [0.3, 0.4) is 0 Å². The fraction of sp³-hybridized carbons (Fsp3) is 0.500. The lowest BCUT2D eigenvalue weighted by molar-refractivity contribution is 0.322. The van der Waals surface area contributed by atoms with Crippen molar-refractivity contribution < 1.29 is 0 Å². The Morgan fingerprint density at radius 2 is 1.33 bits per heavy atom. The van der Waals surface area contributed by atoms with Crippen LogP contribution in [-0.2, 0) is 0 Å². The smallest absolute Gasteiger partial charge is 0.0543 e. The van der Waals surface area contributed by atoms with Gasteiger partial charge in [-0.05, 0) is 83.1 Å². The lowest BCUT2D eigenvalue weighted by Gasteiger charge is -2.41. The van der Waals surface area contributed by atoms with Gasteiger partial charge in [0.05, 0.1) is 6.04 Å². The standard InChI is InChI=1S/C32H39N.C8H14.2C2H6/c1-31(2,3)27-19-24-23(17-25(27)21-13-9-7-10-14-21)18-29-26(24)20-28(32(4,5)6)30(33-29)22-15-11-8-12-16-22;1-5-8(6-2)7(3)4;2*1-2/h7-17,19-20,23-24,26,29-30,33H,18H2,1-6H3;5H,1,6H2,2-4H3;2*1-2H3. The third-order valence-corrected chi connectivity index (χ3v) is 9.18. The van der Waals surface area contributed by atoms with E-state index in [1.807, 2.05) is 33.8 Å². The summed E-state index contributed by atoms with van der Waals surface area (Å²) in [6.45, 7) is 32.3. The van der Waals surface area contributed by atoms with Crippen molar-refractivity contribution in [3.05, 3.63) is 125 Å². The van der Waals surface area contributed by atoms with Crippen LogP contribution in [0.4, 0.5) is 0 Å². The van der Waals surface area contributed by atoms with Crippen molar-refractivity contribution in [3.63, 3.8) is 0 Å². The second-order valence-corrected chi connectivity index (χ2v) is 14.4. The van der Waals surface area contributed by atoms with Gasteiger partial charge in [-0.15, -0.1) is 0 Å². The third-order valence-electron chi connectivity index (χ3n) is 9.18. The molecule has 1 N–H and O–H groups in total. The summed E-state index contributed by atoms with van der Waals surface area (Å²) < 4.78 is 0. The molecule has 3 aliphatic rings. The first kappa shape index (κ1) is 38.3. The van der Waals surface area contributed by atoms with Crippen molar-refractivity contribution in [1.29, 1.82) is 0 Å². The molecule has 1 nitrogen and oxygen atoms in total. The molecule has 1 heterocycles. The lowest BCUT2D eigenvalue weighted by Crippen LogP contribution is -2.43. The number of benzene rings is 2. The molecule has 246 valence electrons. The molecule has 2 aliphatic carbocycles. The SMILES string of the molecule is C=CC(CC)=C(C)C.CC.CC.CC(C)(C)C1=CC2C(C=C1c1ccccc1)CC1NC(c3ccccc3)C(C(C)(C)C)=CC12. The largest absolute Gasteiger partial charge is 0.303 e. The highest BCUT2D eigenvalue weighted by Gasteiger charge is 2.47. The van der Waals surface area contributed by atoms with Crippen molar-refractivity contribution in [2.75, 3.05) is 0 Å². The van der Waals surface area contributed by atoms with Gasteiger partial charge in [-0.3, -0.25) is 0 Å². The summed E-state index contributed by atoms with van der Waals surface area (Å²) in [5.41, 5.74) is 10.2. The Labute approximate surface area is 278 Å². The number of fused-ring (bicyclic) bond motifs is 3. The Kier molecular flexibility index (Phi) is 14.6. The average Bonchev–Trinajstić information content (AvgIpc) is 3.39. The Bertz CT molecular complexity index is 1320. The van der Waals surface area contributed by atoms with Gasteiger partial charge in [0, 0.05) is 6.04 Å². The van der Waals surface area contributed by atoms with Crippen molar-refractivity contribution in [3.8, 4) is 0 Å². The van der Waals surface area contributed by atoms with Crippen molar-refractivity contribution in [2.45, 2.75) is 115 Å². The van der Waals surface area contributed by atoms with Crippen molar-refractivity contribution in [1.82, 2.24) is 5.32 Å². The Morgan fingerprint density at radius 1 is 0.778 bits per heavy atom. The van der Waals surface area contributed by atoms with Crippen LogP contribution in [0.25, 0.3) is 5.57 Å². The van der Waals surface area contributed by atoms with Gasteiger partial charge in [-0.1, -0.05) is 179 Å². The summed E-state index contributed by atoms with van der Waals surface area (Å²) in [5.74, 6) is 1.70. The topological polar surface area (TPSA) is 12.0 Å². The van der Waals surface area contributed by atoms with Crippen molar-refractivity contribution >= 4 is 5.57 Å². The highest BCUT2D eigenvalue weighted by atomic mass is 15.0. The van der Waals surface area contributed by atoms with Crippen LogP contribution in [0.5, 0.6) is 0 Å². The molecule has 1 saturated carbocycles. The highest BCUT2D eigenvalue weighted by Crippen LogP contribution is 2.53. The van der Waals surface area contributed by atoms with E-state index in [4.69, 9.17) is 0 Å². The van der Waals surface area contributed by atoms with E-state index in [2.05, 4.69) is 153 Å². The second kappa shape index (κ2) is 17.1. The summed E-state index contributed by atoms with van der Waals surface area (Å²) in [5, 5.41) is 4.13. The zero-order valence-electron chi connectivity index (χ0n) is 31.1. The van der Waals surface area contributed by atoms with Gasteiger partial charge < -0.3 is 5.32 Å². The fourth-order valence-corrected chi connectivity index (χ4v) is 7.00. The molecule has 0 spiro atoms. The van der Waals surface area contributed by atoms with E-state index in [1.165, 1.54) is 39.8 Å². The van der Waals surface area contributed by atoms with Gasteiger partial charge in [0.15, 0.2) is 0 Å². The molecule has 45 heavy (non-hydrogen) atoms. The van der Waals surface area contributed by atoms with E-state index >= 15 is 0 Å². The monoisotopic (exact) mass is 608 g/mol. The molecule has 0 amide bonds. The number of rotatable bonds is 4. The zero-order valence-corrected chi connectivity index (χ0v) is 31.1. The zero-order chi connectivity index (χ0) is 33.9. The quantitative estimate of drug-likeness (QED) is 0.269.